The van der Waals surface area contributed by atoms with E-state index in [1.165, 1.54) is 16.4 Å². The number of amides is 2. The molecule has 0 unspecified atom stereocenters. The van der Waals surface area contributed by atoms with Gasteiger partial charge in [0, 0.05) is 49.0 Å². The molecule has 1 heterocycles. The Morgan fingerprint density at radius 2 is 1.79 bits per heavy atom. The van der Waals surface area contributed by atoms with E-state index in [2.05, 4.69) is 5.32 Å². The summed E-state index contributed by atoms with van der Waals surface area (Å²) < 4.78 is 27.0. The third-order valence-corrected chi connectivity index (χ3v) is 6.65. The van der Waals surface area contributed by atoms with Crippen LogP contribution < -0.4 is 5.32 Å². The van der Waals surface area contributed by atoms with Crippen LogP contribution in [0.3, 0.4) is 0 Å². The molecule has 0 aliphatic carbocycles. The maximum atomic E-state index is 12.8. The molecule has 2 aromatic carbocycles. The minimum atomic E-state index is -3.81. The molecule has 29 heavy (non-hydrogen) atoms. The molecule has 1 aliphatic heterocycles. The van der Waals surface area contributed by atoms with Crippen molar-refractivity contribution in [2.45, 2.75) is 11.3 Å². The van der Waals surface area contributed by atoms with Crippen LogP contribution in [0, 0.1) is 10.1 Å². The van der Waals surface area contributed by atoms with E-state index in [1.54, 1.807) is 29.2 Å². The molecule has 1 saturated heterocycles. The van der Waals surface area contributed by atoms with Crippen LogP contribution in [0.4, 0.5) is 16.2 Å². The number of sulfonamides is 1. The van der Waals surface area contributed by atoms with Crippen LogP contribution in [0.5, 0.6) is 0 Å². The van der Waals surface area contributed by atoms with Gasteiger partial charge in [0.15, 0.2) is 0 Å². The van der Waals surface area contributed by atoms with Crippen molar-refractivity contribution in [1.29, 1.82) is 0 Å². The summed E-state index contributed by atoms with van der Waals surface area (Å²) in [4.78, 5) is 24.2. The summed E-state index contributed by atoms with van der Waals surface area (Å²) >= 11 is 5.92. The minimum absolute atomic E-state index is 0.0140. The van der Waals surface area contributed by atoms with Gasteiger partial charge in [-0.15, -0.1) is 0 Å². The fraction of sp³-hybridized carbons (Fsp3) is 0.278. The molecule has 1 aliphatic rings. The van der Waals surface area contributed by atoms with Crippen LogP contribution in [0.2, 0.25) is 5.02 Å². The summed E-state index contributed by atoms with van der Waals surface area (Å²) in [5.74, 6) is 0. The number of rotatable bonds is 4. The Bertz CT molecular complexity index is 1010. The van der Waals surface area contributed by atoms with Gasteiger partial charge in [-0.3, -0.25) is 10.1 Å². The van der Waals surface area contributed by atoms with Crippen LogP contribution in [0.1, 0.15) is 6.42 Å². The molecule has 0 atom stereocenters. The smallest absolute Gasteiger partial charge is 0.321 e. The fourth-order valence-electron chi connectivity index (χ4n) is 2.99. The summed E-state index contributed by atoms with van der Waals surface area (Å²) in [7, 11) is -3.81. The lowest BCUT2D eigenvalue weighted by molar-refractivity contribution is -0.384. The maximum Gasteiger partial charge on any atom is 0.321 e. The highest BCUT2D eigenvalue weighted by Crippen LogP contribution is 2.21. The number of non-ortho nitro benzene ring substituents is 1. The summed E-state index contributed by atoms with van der Waals surface area (Å²) in [6.07, 6.45) is 0.467. The monoisotopic (exact) mass is 438 g/mol. The van der Waals surface area contributed by atoms with Crippen molar-refractivity contribution < 1.29 is 18.1 Å². The van der Waals surface area contributed by atoms with Gasteiger partial charge in [0.25, 0.3) is 5.69 Å². The second-order valence-electron chi connectivity index (χ2n) is 6.44. The number of carbonyl (C=O) groups is 1. The predicted molar refractivity (Wildman–Crippen MR) is 109 cm³/mol. The summed E-state index contributed by atoms with van der Waals surface area (Å²) in [5.41, 5.74) is 0.380. The predicted octanol–water partition coefficient (Wildman–Crippen LogP) is 3.18. The van der Waals surface area contributed by atoms with Crippen molar-refractivity contribution >= 4 is 39.0 Å². The fourth-order valence-corrected chi connectivity index (χ4v) is 4.65. The SMILES string of the molecule is O=C(Nc1cccc(Cl)c1)N1CCCN(S(=O)(=O)c2ccc([N+](=O)[O-])cc2)CC1. The highest BCUT2D eigenvalue weighted by Gasteiger charge is 2.28. The van der Waals surface area contributed by atoms with Gasteiger partial charge in [-0.25, -0.2) is 13.2 Å². The Morgan fingerprint density at radius 3 is 2.45 bits per heavy atom. The Hall–Kier alpha value is -2.69. The zero-order valence-electron chi connectivity index (χ0n) is 15.3. The first-order chi connectivity index (χ1) is 13.8. The Morgan fingerprint density at radius 1 is 1.07 bits per heavy atom. The number of nitrogens with zero attached hydrogens (tertiary/aromatic N) is 3. The highest BCUT2D eigenvalue weighted by molar-refractivity contribution is 7.89. The van der Waals surface area contributed by atoms with Crippen LogP contribution in [-0.2, 0) is 10.0 Å². The quantitative estimate of drug-likeness (QED) is 0.581. The molecule has 2 amide bonds. The molecule has 1 fully saturated rings. The van der Waals surface area contributed by atoms with E-state index in [0.29, 0.717) is 23.7 Å². The first kappa shape index (κ1) is 21.0. The molecule has 154 valence electrons. The Balaban J connectivity index is 1.67. The number of hydrogen-bond acceptors (Lipinski definition) is 5. The van der Waals surface area contributed by atoms with Gasteiger partial charge >= 0.3 is 6.03 Å². The second kappa shape index (κ2) is 8.76. The minimum Gasteiger partial charge on any atom is -0.323 e. The van der Waals surface area contributed by atoms with Crippen LogP contribution in [0.25, 0.3) is 0 Å². The molecule has 11 heteroatoms. The van der Waals surface area contributed by atoms with E-state index in [-0.39, 0.29) is 36.2 Å². The normalized spacial score (nSPS) is 15.6. The van der Waals surface area contributed by atoms with Crippen molar-refractivity contribution in [1.82, 2.24) is 9.21 Å². The van der Waals surface area contributed by atoms with E-state index in [0.717, 1.165) is 12.1 Å². The lowest BCUT2D eigenvalue weighted by Gasteiger charge is -2.22. The molecule has 0 aromatic heterocycles. The van der Waals surface area contributed by atoms with Crippen molar-refractivity contribution in [2.75, 3.05) is 31.5 Å². The first-order valence-corrected chi connectivity index (χ1v) is 10.7. The third kappa shape index (κ3) is 5.03. The van der Waals surface area contributed by atoms with Gasteiger partial charge in [0.05, 0.1) is 9.82 Å². The average Bonchev–Trinajstić information content (AvgIpc) is 2.95. The van der Waals surface area contributed by atoms with Crippen molar-refractivity contribution in [3.8, 4) is 0 Å². The van der Waals surface area contributed by atoms with Gasteiger partial charge in [-0.05, 0) is 36.8 Å². The van der Waals surface area contributed by atoms with Gasteiger partial charge < -0.3 is 10.2 Å². The van der Waals surface area contributed by atoms with Crippen LogP contribution in [0.15, 0.2) is 53.4 Å². The number of benzene rings is 2. The average molecular weight is 439 g/mol. The van der Waals surface area contributed by atoms with Gasteiger partial charge in [0.1, 0.15) is 0 Å². The number of anilines is 1. The van der Waals surface area contributed by atoms with Crippen molar-refractivity contribution in [3.05, 3.63) is 63.7 Å². The van der Waals surface area contributed by atoms with Gasteiger partial charge in [0.2, 0.25) is 10.0 Å². The van der Waals surface area contributed by atoms with E-state index in [4.69, 9.17) is 11.6 Å². The number of nitrogens with one attached hydrogen (secondary N) is 1. The number of halogens is 1. The highest BCUT2D eigenvalue weighted by atomic mass is 35.5. The van der Waals surface area contributed by atoms with E-state index < -0.39 is 14.9 Å². The number of hydrogen-bond donors (Lipinski definition) is 1. The topological polar surface area (TPSA) is 113 Å². The molecule has 0 spiro atoms. The number of nitro benzene ring substituents is 1. The molecule has 1 N–H and O–H groups in total. The standard InChI is InChI=1S/C18H19ClN4O5S/c19-14-3-1-4-15(13-14)20-18(24)21-9-2-10-22(12-11-21)29(27,28)17-7-5-16(6-8-17)23(25)26/h1,3-8,13H,2,9-12H2,(H,20,24). The third-order valence-electron chi connectivity index (χ3n) is 4.50. The molecule has 2 aromatic rings. The molecule has 9 nitrogen and oxygen atoms in total. The number of urea groups is 1. The molecule has 0 radical (unpaired) electrons. The molecule has 0 saturated carbocycles. The Labute approximate surface area is 173 Å². The summed E-state index contributed by atoms with van der Waals surface area (Å²) in [6, 6.07) is 11.2. The molecule has 3 rings (SSSR count). The number of nitro groups is 1. The van der Waals surface area contributed by atoms with E-state index >= 15 is 0 Å². The lowest BCUT2D eigenvalue weighted by atomic mass is 10.3. The van der Waals surface area contributed by atoms with Crippen LogP contribution >= 0.6 is 11.6 Å². The second-order valence-corrected chi connectivity index (χ2v) is 8.81. The van der Waals surface area contributed by atoms with Gasteiger partial charge in [-0.1, -0.05) is 17.7 Å². The van der Waals surface area contributed by atoms with E-state index in [9.17, 15) is 23.3 Å². The largest absolute Gasteiger partial charge is 0.323 e. The molecular formula is C18H19ClN4O5S. The maximum absolute atomic E-state index is 12.8. The van der Waals surface area contributed by atoms with Crippen molar-refractivity contribution in [3.63, 3.8) is 0 Å². The summed E-state index contributed by atoms with van der Waals surface area (Å²) in [6.45, 7) is 1.000. The van der Waals surface area contributed by atoms with Crippen molar-refractivity contribution in [2.24, 2.45) is 0 Å². The van der Waals surface area contributed by atoms with E-state index in [1.807, 2.05) is 0 Å². The zero-order chi connectivity index (χ0) is 21.0. The van der Waals surface area contributed by atoms with Gasteiger partial charge in [-0.2, -0.15) is 4.31 Å². The molecule has 0 bridgehead atoms. The Kier molecular flexibility index (Phi) is 6.36. The summed E-state index contributed by atoms with van der Waals surface area (Å²) in [5, 5.41) is 14.0. The lowest BCUT2D eigenvalue weighted by Crippen LogP contribution is -2.39. The zero-order valence-corrected chi connectivity index (χ0v) is 16.9. The molecular weight excluding hydrogens is 420 g/mol. The van der Waals surface area contributed by atoms with Crippen LogP contribution in [-0.4, -0.2) is 54.8 Å². The number of carbonyl (C=O) groups excluding carboxylic acids is 1. The first-order valence-electron chi connectivity index (χ1n) is 8.83.